The lowest BCUT2D eigenvalue weighted by Crippen LogP contribution is -2.30. The Morgan fingerprint density at radius 2 is 1.75 bits per heavy atom. The summed E-state index contributed by atoms with van der Waals surface area (Å²) in [4.78, 5) is 25.9. The van der Waals surface area contributed by atoms with Crippen molar-refractivity contribution in [2.45, 2.75) is 6.54 Å². The predicted molar refractivity (Wildman–Crippen MR) is 108 cm³/mol. The van der Waals surface area contributed by atoms with Crippen molar-refractivity contribution in [1.82, 2.24) is 10.2 Å². The number of nitrogens with zero attached hydrogens (tertiary/aromatic N) is 1. The van der Waals surface area contributed by atoms with Crippen molar-refractivity contribution in [3.05, 3.63) is 87.7 Å². The summed E-state index contributed by atoms with van der Waals surface area (Å²) in [7, 11) is 0. The average molecular weight is 413 g/mol. The van der Waals surface area contributed by atoms with Crippen LogP contribution in [0.4, 0.5) is 4.79 Å². The zero-order valence-corrected chi connectivity index (χ0v) is 16.0. The number of hydrogen-bond acceptors (Lipinski definition) is 3. The smallest absolute Gasteiger partial charge is 0.329 e. The summed E-state index contributed by atoms with van der Waals surface area (Å²) in [5.74, 6) is 0.650. The Kier molecular flexibility index (Phi) is 4.94. The van der Waals surface area contributed by atoms with E-state index in [0.717, 1.165) is 16.0 Å². The van der Waals surface area contributed by atoms with Crippen LogP contribution in [0.1, 0.15) is 11.3 Å². The molecule has 0 bridgehead atoms. The van der Waals surface area contributed by atoms with Crippen LogP contribution in [-0.4, -0.2) is 16.8 Å². The van der Waals surface area contributed by atoms with E-state index in [1.807, 2.05) is 12.1 Å². The second kappa shape index (κ2) is 7.54. The molecule has 1 aliphatic rings. The Balaban J connectivity index is 1.53. The molecular weight excluding hydrogens is 399 g/mol. The van der Waals surface area contributed by atoms with Crippen molar-refractivity contribution in [2.75, 3.05) is 0 Å². The Morgan fingerprint density at radius 1 is 0.964 bits per heavy atom. The van der Waals surface area contributed by atoms with Crippen LogP contribution >= 0.6 is 23.2 Å². The summed E-state index contributed by atoms with van der Waals surface area (Å²) in [6.07, 6.45) is 1.51. The monoisotopic (exact) mass is 412 g/mol. The van der Waals surface area contributed by atoms with Crippen molar-refractivity contribution in [2.24, 2.45) is 0 Å². The highest BCUT2D eigenvalue weighted by atomic mass is 35.5. The lowest BCUT2D eigenvalue weighted by Gasteiger charge is -2.11. The minimum atomic E-state index is -0.479. The molecule has 0 aliphatic carbocycles. The maximum atomic E-state index is 12.6. The predicted octanol–water partition coefficient (Wildman–Crippen LogP) is 5.35. The second-order valence-corrected chi connectivity index (χ2v) is 7.09. The first-order valence-electron chi connectivity index (χ1n) is 8.44. The van der Waals surface area contributed by atoms with Gasteiger partial charge in [-0.3, -0.25) is 9.69 Å². The van der Waals surface area contributed by atoms with Gasteiger partial charge in [-0.1, -0.05) is 47.5 Å². The van der Waals surface area contributed by atoms with Crippen LogP contribution in [0, 0.1) is 0 Å². The molecule has 1 aromatic heterocycles. The second-order valence-electron chi connectivity index (χ2n) is 6.22. The third kappa shape index (κ3) is 3.81. The molecule has 2 heterocycles. The lowest BCUT2D eigenvalue weighted by molar-refractivity contribution is -0.123. The van der Waals surface area contributed by atoms with E-state index >= 15 is 0 Å². The van der Waals surface area contributed by atoms with E-state index in [9.17, 15) is 9.59 Å². The van der Waals surface area contributed by atoms with E-state index in [4.69, 9.17) is 27.6 Å². The summed E-state index contributed by atoms with van der Waals surface area (Å²) in [6, 6.07) is 17.3. The molecule has 2 aromatic carbocycles. The molecule has 1 N–H and O–H groups in total. The third-order valence-electron chi connectivity index (χ3n) is 4.24. The zero-order valence-electron chi connectivity index (χ0n) is 14.5. The average Bonchev–Trinajstić information content (AvgIpc) is 3.24. The van der Waals surface area contributed by atoms with Crippen molar-refractivity contribution < 1.29 is 14.0 Å². The molecule has 28 heavy (non-hydrogen) atoms. The van der Waals surface area contributed by atoms with Gasteiger partial charge >= 0.3 is 6.03 Å². The highest BCUT2D eigenvalue weighted by Gasteiger charge is 2.33. The van der Waals surface area contributed by atoms with Gasteiger partial charge in [0, 0.05) is 21.7 Å². The number of urea groups is 1. The highest BCUT2D eigenvalue weighted by Crippen LogP contribution is 2.26. The third-order valence-corrected chi connectivity index (χ3v) is 4.73. The number of nitrogens with one attached hydrogen (secondary N) is 1. The number of benzene rings is 2. The number of hydrogen-bond donors (Lipinski definition) is 1. The molecular formula is C21H14Cl2N2O3. The van der Waals surface area contributed by atoms with Crippen LogP contribution in [-0.2, 0) is 11.3 Å². The van der Waals surface area contributed by atoms with Crippen LogP contribution < -0.4 is 5.32 Å². The van der Waals surface area contributed by atoms with Crippen molar-refractivity contribution >= 4 is 41.2 Å². The first-order valence-corrected chi connectivity index (χ1v) is 9.20. The summed E-state index contributed by atoms with van der Waals surface area (Å²) in [6.45, 7) is 0.158. The van der Waals surface area contributed by atoms with E-state index in [2.05, 4.69) is 5.32 Å². The maximum absolute atomic E-state index is 12.6. The first kappa shape index (κ1) is 18.3. The summed E-state index contributed by atoms with van der Waals surface area (Å²) < 4.78 is 5.77. The van der Waals surface area contributed by atoms with Gasteiger partial charge in [-0.15, -0.1) is 0 Å². The van der Waals surface area contributed by atoms with Gasteiger partial charge in [-0.05, 0) is 42.0 Å². The van der Waals surface area contributed by atoms with Crippen LogP contribution in [0.25, 0.3) is 17.4 Å². The number of halogens is 2. The minimum Gasteiger partial charge on any atom is -0.457 e. The van der Waals surface area contributed by atoms with Crippen molar-refractivity contribution in [3.8, 4) is 11.3 Å². The molecule has 0 unspecified atom stereocenters. The molecule has 1 aliphatic heterocycles. The van der Waals surface area contributed by atoms with E-state index < -0.39 is 11.9 Å². The molecule has 3 aromatic rings. The topological polar surface area (TPSA) is 62.6 Å². The van der Waals surface area contributed by atoms with E-state index in [1.165, 1.54) is 6.08 Å². The SMILES string of the molecule is O=C1N/C(=C\c2ccc(-c3cccc(Cl)c3)o2)C(=O)N1Cc1ccc(Cl)cc1. The number of rotatable bonds is 4. The largest absolute Gasteiger partial charge is 0.457 e. The molecule has 0 atom stereocenters. The number of furan rings is 1. The molecule has 1 saturated heterocycles. The fourth-order valence-electron chi connectivity index (χ4n) is 2.86. The molecule has 7 heteroatoms. The highest BCUT2D eigenvalue weighted by molar-refractivity contribution is 6.31. The molecule has 140 valence electrons. The molecule has 0 radical (unpaired) electrons. The Labute approximate surface area is 171 Å². The summed E-state index contributed by atoms with van der Waals surface area (Å²) >= 11 is 11.9. The van der Waals surface area contributed by atoms with Crippen LogP contribution in [0.2, 0.25) is 10.0 Å². The zero-order chi connectivity index (χ0) is 19.7. The molecule has 3 amide bonds. The van der Waals surface area contributed by atoms with Crippen LogP contribution in [0.3, 0.4) is 0 Å². The Hall–Kier alpha value is -3.02. The van der Waals surface area contributed by atoms with Crippen LogP contribution in [0.15, 0.2) is 70.8 Å². The number of amides is 3. The van der Waals surface area contributed by atoms with Gasteiger partial charge in [-0.25, -0.2) is 4.79 Å². The number of imide groups is 1. The van der Waals surface area contributed by atoms with Gasteiger partial charge in [0.25, 0.3) is 5.91 Å². The summed E-state index contributed by atoms with van der Waals surface area (Å²) in [5, 5.41) is 3.78. The quantitative estimate of drug-likeness (QED) is 0.464. The van der Waals surface area contributed by atoms with Gasteiger partial charge in [0.15, 0.2) is 0 Å². The fourth-order valence-corrected chi connectivity index (χ4v) is 3.17. The van der Waals surface area contributed by atoms with E-state index in [1.54, 1.807) is 48.5 Å². The first-order chi connectivity index (χ1) is 13.5. The van der Waals surface area contributed by atoms with Crippen LogP contribution in [0.5, 0.6) is 0 Å². The van der Waals surface area contributed by atoms with Gasteiger partial charge < -0.3 is 9.73 Å². The van der Waals surface area contributed by atoms with Crippen molar-refractivity contribution in [1.29, 1.82) is 0 Å². The normalized spacial score (nSPS) is 15.4. The number of carbonyl (C=O) groups excluding carboxylic acids is 2. The molecule has 4 rings (SSSR count). The Bertz CT molecular complexity index is 1090. The minimum absolute atomic E-state index is 0.158. The number of carbonyl (C=O) groups is 2. The van der Waals surface area contributed by atoms with Gasteiger partial charge in [0.2, 0.25) is 0 Å². The molecule has 1 fully saturated rings. The standard InChI is InChI=1S/C21H14Cl2N2O3/c22-15-6-4-13(5-7-15)12-25-20(26)18(24-21(25)27)11-17-8-9-19(28-17)14-2-1-3-16(23)10-14/h1-11H,12H2,(H,24,27)/b18-11-. The van der Waals surface area contributed by atoms with Crippen molar-refractivity contribution in [3.63, 3.8) is 0 Å². The molecule has 0 saturated carbocycles. The molecule has 0 spiro atoms. The fraction of sp³-hybridized carbons (Fsp3) is 0.0476. The van der Waals surface area contributed by atoms with Gasteiger partial charge in [0.05, 0.1) is 6.54 Å². The van der Waals surface area contributed by atoms with Gasteiger partial charge in [-0.2, -0.15) is 0 Å². The van der Waals surface area contributed by atoms with E-state index in [0.29, 0.717) is 21.6 Å². The maximum Gasteiger partial charge on any atom is 0.329 e. The summed E-state index contributed by atoms with van der Waals surface area (Å²) in [5.41, 5.74) is 1.78. The van der Waals surface area contributed by atoms with E-state index in [-0.39, 0.29) is 12.2 Å². The Morgan fingerprint density at radius 3 is 2.50 bits per heavy atom. The molecule has 5 nitrogen and oxygen atoms in total. The van der Waals surface area contributed by atoms with Gasteiger partial charge in [0.1, 0.15) is 17.2 Å². The lowest BCUT2D eigenvalue weighted by atomic mass is 10.2.